The van der Waals surface area contributed by atoms with E-state index < -0.39 is 11.9 Å². The molecule has 0 aromatic carbocycles. The molecule has 1 saturated heterocycles. The molecule has 146 valence electrons. The smallest absolute Gasteiger partial charge is 0.341 e. The molecule has 2 fully saturated rings. The lowest BCUT2D eigenvalue weighted by Gasteiger charge is -2.19. The Labute approximate surface area is 162 Å². The quantitative estimate of drug-likeness (QED) is 0.593. The summed E-state index contributed by atoms with van der Waals surface area (Å²) < 4.78 is 5.04. The summed E-state index contributed by atoms with van der Waals surface area (Å²) in [4.78, 5) is 51.6. The van der Waals surface area contributed by atoms with Gasteiger partial charge < -0.3 is 10.1 Å². The number of carbonyl (C=O) groups excluding carboxylic acids is 4. The lowest BCUT2D eigenvalue weighted by molar-refractivity contribution is -0.142. The molecule has 2 atom stereocenters. The zero-order chi connectivity index (χ0) is 19.6. The Kier molecular flexibility index (Phi) is 5.94. The minimum atomic E-state index is -0.497. The molecule has 1 N–H and O–H groups in total. The molecule has 8 heteroatoms. The van der Waals surface area contributed by atoms with Gasteiger partial charge in [-0.1, -0.05) is 19.8 Å². The third-order valence-electron chi connectivity index (χ3n) is 5.11. The van der Waals surface area contributed by atoms with Crippen molar-refractivity contribution in [1.29, 1.82) is 0 Å². The molecule has 0 unspecified atom stereocenters. The molecule has 0 bridgehead atoms. The monoisotopic (exact) mass is 392 g/mol. The summed E-state index contributed by atoms with van der Waals surface area (Å²) in [5.41, 5.74) is 0.305. The van der Waals surface area contributed by atoms with E-state index in [0.29, 0.717) is 23.4 Å². The number of nitrogens with zero attached hydrogens (tertiary/aromatic N) is 1. The molecule has 1 aromatic heterocycles. The average Bonchev–Trinajstić information content (AvgIpc) is 3.17. The Morgan fingerprint density at radius 3 is 2.37 bits per heavy atom. The fourth-order valence-electron chi connectivity index (χ4n) is 3.77. The first kappa shape index (κ1) is 19.5. The number of hydrogen-bond donors (Lipinski definition) is 1. The second-order valence-corrected chi connectivity index (χ2v) is 7.97. The molecule has 0 radical (unpaired) electrons. The van der Waals surface area contributed by atoms with Gasteiger partial charge in [-0.05, 0) is 32.3 Å². The predicted molar refractivity (Wildman–Crippen MR) is 100 cm³/mol. The van der Waals surface area contributed by atoms with Gasteiger partial charge in [0.1, 0.15) is 11.5 Å². The van der Waals surface area contributed by atoms with Crippen molar-refractivity contribution in [1.82, 2.24) is 4.90 Å². The highest BCUT2D eigenvalue weighted by Crippen LogP contribution is 2.38. The van der Waals surface area contributed by atoms with Crippen LogP contribution in [0.2, 0.25) is 0 Å². The summed E-state index contributed by atoms with van der Waals surface area (Å²) in [6, 6.07) is 1.71. The molecule has 1 saturated carbocycles. The third kappa shape index (κ3) is 3.90. The molecule has 1 aromatic rings. The van der Waals surface area contributed by atoms with Crippen LogP contribution in [0.1, 0.15) is 54.8 Å². The number of fused-ring (bicyclic) bond motifs is 1. The topological polar surface area (TPSA) is 92.8 Å². The number of esters is 1. The Bertz CT molecular complexity index is 748. The standard InChI is InChI=1S/C19H24N2O5S/c1-3-11-9-14(19(25)26-4-2)16(27-11)20-15(22)10-21-17(23)12-7-5-6-8-13(12)18(21)24/h9,12-13H,3-8,10H2,1-2H3,(H,20,22)/t12-,13-/m1/s1. The van der Waals surface area contributed by atoms with Gasteiger partial charge >= 0.3 is 5.97 Å². The predicted octanol–water partition coefficient (Wildman–Crippen LogP) is 2.60. The minimum absolute atomic E-state index is 0.239. The molecule has 3 amide bonds. The van der Waals surface area contributed by atoms with Crippen molar-refractivity contribution in [2.75, 3.05) is 18.5 Å². The highest BCUT2D eigenvalue weighted by atomic mass is 32.1. The number of likely N-dealkylation sites (tertiary alicyclic amines) is 1. The highest BCUT2D eigenvalue weighted by molar-refractivity contribution is 7.16. The van der Waals surface area contributed by atoms with E-state index >= 15 is 0 Å². The van der Waals surface area contributed by atoms with Crippen molar-refractivity contribution in [3.63, 3.8) is 0 Å². The van der Waals surface area contributed by atoms with Crippen molar-refractivity contribution in [3.05, 3.63) is 16.5 Å². The fourth-order valence-corrected chi connectivity index (χ4v) is 4.77. The summed E-state index contributed by atoms with van der Waals surface area (Å²) in [6.07, 6.45) is 4.03. The van der Waals surface area contributed by atoms with Crippen LogP contribution in [0.3, 0.4) is 0 Å². The number of carbonyl (C=O) groups is 4. The van der Waals surface area contributed by atoms with Crippen LogP contribution in [0.4, 0.5) is 5.00 Å². The normalized spacial score (nSPS) is 21.9. The van der Waals surface area contributed by atoms with Crippen LogP contribution >= 0.6 is 11.3 Å². The van der Waals surface area contributed by atoms with Crippen molar-refractivity contribution in [2.45, 2.75) is 46.0 Å². The molecule has 27 heavy (non-hydrogen) atoms. The number of thiophene rings is 1. The highest BCUT2D eigenvalue weighted by Gasteiger charge is 2.48. The zero-order valence-electron chi connectivity index (χ0n) is 15.6. The first-order valence-corrected chi connectivity index (χ1v) is 10.2. The van der Waals surface area contributed by atoms with E-state index in [9.17, 15) is 19.2 Å². The maximum atomic E-state index is 12.5. The zero-order valence-corrected chi connectivity index (χ0v) is 16.4. The second kappa shape index (κ2) is 8.21. The van der Waals surface area contributed by atoms with E-state index in [1.807, 2.05) is 6.92 Å². The van der Waals surface area contributed by atoms with E-state index in [1.54, 1.807) is 13.0 Å². The largest absolute Gasteiger partial charge is 0.462 e. The van der Waals surface area contributed by atoms with Crippen LogP contribution in [-0.2, 0) is 25.5 Å². The number of aryl methyl sites for hydroxylation is 1. The second-order valence-electron chi connectivity index (χ2n) is 6.84. The van der Waals surface area contributed by atoms with Gasteiger partial charge in [0, 0.05) is 4.88 Å². The van der Waals surface area contributed by atoms with Crippen LogP contribution in [0.15, 0.2) is 6.07 Å². The lowest BCUT2D eigenvalue weighted by Crippen LogP contribution is -2.38. The fraction of sp³-hybridized carbons (Fsp3) is 0.579. The number of hydrogen-bond acceptors (Lipinski definition) is 6. The molecule has 1 aliphatic heterocycles. The van der Waals surface area contributed by atoms with Crippen LogP contribution in [0.5, 0.6) is 0 Å². The van der Waals surface area contributed by atoms with Crippen LogP contribution < -0.4 is 5.32 Å². The summed E-state index contributed by atoms with van der Waals surface area (Å²) >= 11 is 1.30. The number of imide groups is 1. The van der Waals surface area contributed by atoms with E-state index in [4.69, 9.17) is 4.74 Å². The van der Waals surface area contributed by atoms with Gasteiger partial charge in [-0.3, -0.25) is 19.3 Å². The van der Waals surface area contributed by atoms with Gasteiger partial charge in [0.2, 0.25) is 17.7 Å². The molecule has 2 aliphatic rings. The van der Waals surface area contributed by atoms with Crippen LogP contribution in [-0.4, -0.2) is 41.7 Å². The lowest BCUT2D eigenvalue weighted by atomic mass is 9.81. The van der Waals surface area contributed by atoms with Gasteiger partial charge in [0.15, 0.2) is 0 Å². The van der Waals surface area contributed by atoms with E-state index in [1.165, 1.54) is 11.3 Å². The van der Waals surface area contributed by atoms with Crippen LogP contribution in [0.25, 0.3) is 0 Å². The molecular formula is C19H24N2O5S. The van der Waals surface area contributed by atoms with E-state index in [2.05, 4.69) is 5.32 Å². The number of anilines is 1. The third-order valence-corrected chi connectivity index (χ3v) is 6.31. The van der Waals surface area contributed by atoms with E-state index in [-0.39, 0.29) is 36.8 Å². The maximum absolute atomic E-state index is 12.5. The van der Waals surface area contributed by atoms with Crippen molar-refractivity contribution in [2.24, 2.45) is 11.8 Å². The molecular weight excluding hydrogens is 368 g/mol. The summed E-state index contributed by atoms with van der Waals surface area (Å²) in [6.45, 7) is 3.60. The minimum Gasteiger partial charge on any atom is -0.462 e. The van der Waals surface area contributed by atoms with Crippen molar-refractivity contribution < 1.29 is 23.9 Å². The number of rotatable bonds is 6. The maximum Gasteiger partial charge on any atom is 0.341 e. The van der Waals surface area contributed by atoms with E-state index in [0.717, 1.165) is 29.0 Å². The number of nitrogens with one attached hydrogen (secondary N) is 1. The van der Waals surface area contributed by atoms with Gasteiger partial charge in [-0.15, -0.1) is 11.3 Å². The summed E-state index contributed by atoms with van der Waals surface area (Å²) in [5.74, 6) is -2.02. The first-order chi connectivity index (χ1) is 13.0. The Morgan fingerprint density at radius 1 is 1.19 bits per heavy atom. The van der Waals surface area contributed by atoms with Crippen molar-refractivity contribution >= 4 is 40.0 Å². The Hall–Kier alpha value is -2.22. The Balaban J connectivity index is 1.71. The van der Waals surface area contributed by atoms with Crippen molar-refractivity contribution in [3.8, 4) is 0 Å². The summed E-state index contributed by atoms with van der Waals surface area (Å²) in [5, 5.41) is 3.08. The molecule has 2 heterocycles. The SMILES string of the molecule is CCOC(=O)c1cc(CC)sc1NC(=O)CN1C(=O)[C@@H]2CCCC[C@H]2C1=O. The van der Waals surface area contributed by atoms with Gasteiger partial charge in [0.25, 0.3) is 0 Å². The molecule has 3 rings (SSSR count). The van der Waals surface area contributed by atoms with Gasteiger partial charge in [-0.25, -0.2) is 4.79 Å². The first-order valence-electron chi connectivity index (χ1n) is 9.41. The number of amides is 3. The van der Waals surface area contributed by atoms with Gasteiger partial charge in [-0.2, -0.15) is 0 Å². The van der Waals surface area contributed by atoms with Gasteiger partial charge in [0.05, 0.1) is 24.0 Å². The number of ether oxygens (including phenoxy) is 1. The Morgan fingerprint density at radius 2 is 1.81 bits per heavy atom. The van der Waals surface area contributed by atoms with Crippen LogP contribution in [0, 0.1) is 11.8 Å². The summed E-state index contributed by atoms with van der Waals surface area (Å²) in [7, 11) is 0. The molecule has 1 aliphatic carbocycles. The average molecular weight is 392 g/mol. The molecule has 7 nitrogen and oxygen atoms in total. The molecule has 0 spiro atoms.